The van der Waals surface area contributed by atoms with Crippen molar-refractivity contribution in [2.45, 2.75) is 11.3 Å². The molecule has 0 saturated heterocycles. The van der Waals surface area contributed by atoms with Crippen molar-refractivity contribution in [2.24, 2.45) is 0 Å². The van der Waals surface area contributed by atoms with Gasteiger partial charge in [-0.25, -0.2) is 18.6 Å². The highest BCUT2D eigenvalue weighted by atomic mass is 32.2. The number of hydroxylamine groups is 1. The van der Waals surface area contributed by atoms with E-state index in [4.69, 9.17) is 5.21 Å². The standard InChI is InChI=1S/C19H19N3O4S/c23-19(22-24)8-7-14-3-1-5-16(13-14)27(25,26)21-12-9-15-4-2-6-18-17(15)10-11-20-18/h1-8,10-11,13,20-21,24H,9,12H2,(H,22,23)/b8-7+. The summed E-state index contributed by atoms with van der Waals surface area (Å²) in [6.45, 7) is 0.264. The van der Waals surface area contributed by atoms with Crippen LogP contribution in [-0.4, -0.2) is 31.1 Å². The van der Waals surface area contributed by atoms with Crippen molar-refractivity contribution >= 4 is 32.9 Å². The molecule has 1 amide bonds. The number of aromatic nitrogens is 1. The van der Waals surface area contributed by atoms with Crippen LogP contribution in [0.25, 0.3) is 17.0 Å². The average Bonchev–Trinajstić information content (AvgIpc) is 3.16. The Morgan fingerprint density at radius 1 is 1.15 bits per heavy atom. The van der Waals surface area contributed by atoms with E-state index in [0.29, 0.717) is 12.0 Å². The molecule has 2 aromatic carbocycles. The predicted molar refractivity (Wildman–Crippen MR) is 103 cm³/mol. The summed E-state index contributed by atoms with van der Waals surface area (Å²) >= 11 is 0. The first-order chi connectivity index (χ1) is 13.0. The van der Waals surface area contributed by atoms with Gasteiger partial charge in [-0.1, -0.05) is 24.3 Å². The highest BCUT2D eigenvalue weighted by molar-refractivity contribution is 7.89. The van der Waals surface area contributed by atoms with Gasteiger partial charge in [-0.2, -0.15) is 0 Å². The maximum atomic E-state index is 12.5. The van der Waals surface area contributed by atoms with Crippen LogP contribution in [0, 0.1) is 0 Å². The topological polar surface area (TPSA) is 111 Å². The molecule has 0 unspecified atom stereocenters. The highest BCUT2D eigenvalue weighted by Crippen LogP contribution is 2.18. The van der Waals surface area contributed by atoms with Crippen molar-refractivity contribution in [3.05, 3.63) is 71.9 Å². The van der Waals surface area contributed by atoms with Gasteiger partial charge in [0, 0.05) is 29.7 Å². The highest BCUT2D eigenvalue weighted by Gasteiger charge is 2.14. The summed E-state index contributed by atoms with van der Waals surface area (Å²) in [4.78, 5) is 14.3. The summed E-state index contributed by atoms with van der Waals surface area (Å²) in [6, 6.07) is 14.0. The maximum absolute atomic E-state index is 12.5. The van der Waals surface area contributed by atoms with Crippen LogP contribution in [-0.2, 0) is 21.2 Å². The number of aromatic amines is 1. The zero-order chi connectivity index (χ0) is 19.3. The molecular weight excluding hydrogens is 366 g/mol. The van der Waals surface area contributed by atoms with Crippen LogP contribution in [0.3, 0.4) is 0 Å². The van der Waals surface area contributed by atoms with E-state index in [9.17, 15) is 13.2 Å². The lowest BCUT2D eigenvalue weighted by molar-refractivity contribution is -0.124. The van der Waals surface area contributed by atoms with Gasteiger partial charge in [0.2, 0.25) is 10.0 Å². The number of hydrogen-bond donors (Lipinski definition) is 4. The van der Waals surface area contributed by atoms with E-state index in [1.165, 1.54) is 23.7 Å². The Hall–Kier alpha value is -2.94. The van der Waals surface area contributed by atoms with E-state index in [-0.39, 0.29) is 11.4 Å². The molecule has 0 aliphatic rings. The molecule has 1 heterocycles. The molecule has 0 spiro atoms. The molecule has 3 aromatic rings. The Balaban J connectivity index is 1.69. The van der Waals surface area contributed by atoms with Crippen LogP contribution >= 0.6 is 0 Å². The minimum absolute atomic E-state index is 0.105. The average molecular weight is 385 g/mol. The van der Waals surface area contributed by atoms with Gasteiger partial charge in [0.15, 0.2) is 0 Å². The first-order valence-corrected chi connectivity index (χ1v) is 9.75. The zero-order valence-corrected chi connectivity index (χ0v) is 15.2. The summed E-state index contributed by atoms with van der Waals surface area (Å²) in [5.74, 6) is -0.694. The first kappa shape index (κ1) is 18.8. The van der Waals surface area contributed by atoms with Crippen molar-refractivity contribution in [1.82, 2.24) is 15.2 Å². The molecule has 140 valence electrons. The van der Waals surface area contributed by atoms with Gasteiger partial charge < -0.3 is 4.98 Å². The Kier molecular flexibility index (Phi) is 5.70. The van der Waals surface area contributed by atoms with Crippen LogP contribution in [0.1, 0.15) is 11.1 Å². The molecule has 0 bridgehead atoms. The lowest BCUT2D eigenvalue weighted by atomic mass is 10.1. The number of sulfonamides is 1. The molecule has 1 aromatic heterocycles. The number of carbonyl (C=O) groups excluding carboxylic acids is 1. The van der Waals surface area contributed by atoms with E-state index in [1.807, 2.05) is 30.5 Å². The van der Waals surface area contributed by atoms with Crippen LogP contribution in [0.15, 0.2) is 65.7 Å². The maximum Gasteiger partial charge on any atom is 0.267 e. The lowest BCUT2D eigenvalue weighted by Crippen LogP contribution is -2.26. The van der Waals surface area contributed by atoms with E-state index >= 15 is 0 Å². The quantitative estimate of drug-likeness (QED) is 0.284. The van der Waals surface area contributed by atoms with Crippen LogP contribution in [0.5, 0.6) is 0 Å². The van der Waals surface area contributed by atoms with E-state index in [0.717, 1.165) is 22.5 Å². The Morgan fingerprint density at radius 3 is 2.78 bits per heavy atom. The Labute approximate surface area is 156 Å². The number of hydrogen-bond acceptors (Lipinski definition) is 4. The SMILES string of the molecule is O=C(/C=C/c1cccc(S(=O)(=O)NCCc2cccc3[nH]ccc23)c1)NO. The number of amides is 1. The van der Waals surface area contributed by atoms with Gasteiger partial charge in [0.25, 0.3) is 5.91 Å². The molecule has 0 saturated carbocycles. The third-order valence-corrected chi connectivity index (χ3v) is 5.54. The van der Waals surface area contributed by atoms with Gasteiger partial charge in [-0.3, -0.25) is 10.0 Å². The molecular formula is C19H19N3O4S. The number of benzene rings is 2. The van der Waals surface area contributed by atoms with Crippen molar-refractivity contribution < 1.29 is 18.4 Å². The van der Waals surface area contributed by atoms with Gasteiger partial charge in [0.1, 0.15) is 0 Å². The minimum Gasteiger partial charge on any atom is -0.361 e. The van der Waals surface area contributed by atoms with Gasteiger partial charge in [0.05, 0.1) is 4.90 Å². The largest absolute Gasteiger partial charge is 0.361 e. The normalized spacial score (nSPS) is 11.9. The zero-order valence-electron chi connectivity index (χ0n) is 14.3. The third kappa shape index (κ3) is 4.62. The minimum atomic E-state index is -3.68. The summed E-state index contributed by atoms with van der Waals surface area (Å²) in [7, 11) is -3.68. The summed E-state index contributed by atoms with van der Waals surface area (Å²) in [6.07, 6.45) is 4.94. The molecule has 0 aliphatic heterocycles. The number of rotatable bonds is 7. The van der Waals surface area contributed by atoms with E-state index < -0.39 is 15.9 Å². The molecule has 7 nitrogen and oxygen atoms in total. The lowest BCUT2D eigenvalue weighted by Gasteiger charge is -2.08. The second kappa shape index (κ2) is 8.17. The van der Waals surface area contributed by atoms with Gasteiger partial charge in [-0.05, 0) is 47.9 Å². The first-order valence-electron chi connectivity index (χ1n) is 8.26. The predicted octanol–water partition coefficient (Wildman–Crippen LogP) is 2.21. The molecule has 8 heteroatoms. The van der Waals surface area contributed by atoms with Gasteiger partial charge in [-0.15, -0.1) is 0 Å². The van der Waals surface area contributed by atoms with Crippen LogP contribution in [0.4, 0.5) is 0 Å². The number of fused-ring (bicyclic) bond motifs is 1. The Bertz CT molecular complexity index is 1090. The Morgan fingerprint density at radius 2 is 1.96 bits per heavy atom. The molecule has 0 radical (unpaired) electrons. The third-order valence-electron chi connectivity index (χ3n) is 4.08. The van der Waals surface area contributed by atoms with Crippen molar-refractivity contribution in [3.63, 3.8) is 0 Å². The second-order valence-electron chi connectivity index (χ2n) is 5.89. The summed E-state index contributed by atoms with van der Waals surface area (Å²) < 4.78 is 27.6. The van der Waals surface area contributed by atoms with E-state index in [1.54, 1.807) is 12.1 Å². The monoisotopic (exact) mass is 385 g/mol. The smallest absolute Gasteiger partial charge is 0.267 e. The van der Waals surface area contributed by atoms with Crippen LogP contribution < -0.4 is 10.2 Å². The number of nitrogens with one attached hydrogen (secondary N) is 3. The van der Waals surface area contributed by atoms with Gasteiger partial charge >= 0.3 is 0 Å². The van der Waals surface area contributed by atoms with Crippen molar-refractivity contribution in [3.8, 4) is 0 Å². The summed E-state index contributed by atoms with van der Waals surface area (Å²) in [5.41, 5.74) is 4.08. The fourth-order valence-electron chi connectivity index (χ4n) is 2.77. The molecule has 27 heavy (non-hydrogen) atoms. The molecule has 4 N–H and O–H groups in total. The fraction of sp³-hybridized carbons (Fsp3) is 0.105. The molecule has 0 aliphatic carbocycles. The van der Waals surface area contributed by atoms with Crippen LogP contribution in [0.2, 0.25) is 0 Å². The fourth-order valence-corrected chi connectivity index (χ4v) is 3.85. The number of H-pyrrole nitrogens is 1. The second-order valence-corrected chi connectivity index (χ2v) is 7.65. The number of carbonyl (C=O) groups is 1. The molecule has 0 fully saturated rings. The summed E-state index contributed by atoms with van der Waals surface area (Å²) in [5, 5.41) is 9.56. The molecule has 0 atom stereocenters. The molecule has 3 rings (SSSR count). The van der Waals surface area contributed by atoms with Crippen molar-refractivity contribution in [2.75, 3.05) is 6.54 Å². The van der Waals surface area contributed by atoms with E-state index in [2.05, 4.69) is 9.71 Å². The van der Waals surface area contributed by atoms with Crippen molar-refractivity contribution in [1.29, 1.82) is 0 Å².